The van der Waals surface area contributed by atoms with Gasteiger partial charge in [-0.05, 0) is 25.0 Å². The van der Waals surface area contributed by atoms with Crippen molar-refractivity contribution in [2.45, 2.75) is 18.9 Å². The first kappa shape index (κ1) is 10.8. The first-order valence-corrected chi connectivity index (χ1v) is 5.64. The molecule has 1 saturated carbocycles. The maximum atomic E-state index is 12.0. The van der Waals surface area contributed by atoms with Gasteiger partial charge < -0.3 is 10.8 Å². The molecule has 1 aromatic carbocycles. The summed E-state index contributed by atoms with van der Waals surface area (Å²) >= 11 is 0. The van der Waals surface area contributed by atoms with Gasteiger partial charge in [0.25, 0.3) is 0 Å². The molecule has 1 aliphatic carbocycles. The molecule has 1 fully saturated rings. The summed E-state index contributed by atoms with van der Waals surface area (Å²) < 4.78 is 1.61. The number of hydrogen-bond acceptors (Lipinski definition) is 4. The highest BCUT2D eigenvalue weighted by atomic mass is 16.4. The summed E-state index contributed by atoms with van der Waals surface area (Å²) in [6.07, 6.45) is 1.89. The SMILES string of the molecule is Nc1cccc2c1c(=O)c(C(=O)O)nn2C1CC1. The van der Waals surface area contributed by atoms with Gasteiger partial charge in [-0.1, -0.05) is 6.07 Å². The number of hydrogen-bond donors (Lipinski definition) is 2. The van der Waals surface area contributed by atoms with Gasteiger partial charge in [-0.2, -0.15) is 5.10 Å². The summed E-state index contributed by atoms with van der Waals surface area (Å²) in [5.41, 5.74) is 5.59. The van der Waals surface area contributed by atoms with Gasteiger partial charge in [0, 0.05) is 5.69 Å². The molecular formula is C12H11N3O3. The molecule has 0 saturated heterocycles. The number of fused-ring (bicyclic) bond motifs is 1. The van der Waals surface area contributed by atoms with E-state index in [1.54, 1.807) is 22.9 Å². The number of aromatic nitrogens is 2. The zero-order valence-corrected chi connectivity index (χ0v) is 9.46. The Morgan fingerprint density at radius 3 is 2.78 bits per heavy atom. The lowest BCUT2D eigenvalue weighted by atomic mass is 10.1. The molecule has 1 aromatic heterocycles. The van der Waals surface area contributed by atoms with Crippen LogP contribution < -0.4 is 11.2 Å². The van der Waals surface area contributed by atoms with E-state index in [0.29, 0.717) is 5.52 Å². The second kappa shape index (κ2) is 3.56. The largest absolute Gasteiger partial charge is 0.476 e. The van der Waals surface area contributed by atoms with Gasteiger partial charge in [0.15, 0.2) is 0 Å². The van der Waals surface area contributed by atoms with E-state index in [2.05, 4.69) is 5.10 Å². The smallest absolute Gasteiger partial charge is 0.360 e. The Morgan fingerprint density at radius 2 is 2.17 bits per heavy atom. The summed E-state index contributed by atoms with van der Waals surface area (Å²) in [6.45, 7) is 0. The van der Waals surface area contributed by atoms with Crippen molar-refractivity contribution < 1.29 is 9.90 Å². The predicted octanol–water partition coefficient (Wildman–Crippen LogP) is 1.01. The third-order valence-electron chi connectivity index (χ3n) is 3.07. The fraction of sp³-hybridized carbons (Fsp3) is 0.250. The second-order valence-corrected chi connectivity index (χ2v) is 4.40. The maximum absolute atomic E-state index is 12.0. The minimum absolute atomic E-state index is 0.174. The van der Waals surface area contributed by atoms with E-state index in [0.717, 1.165) is 12.8 Å². The van der Waals surface area contributed by atoms with E-state index in [-0.39, 0.29) is 17.1 Å². The minimum atomic E-state index is -1.32. The Bertz CT molecular complexity index is 716. The number of rotatable bonds is 2. The normalized spacial score (nSPS) is 14.9. The van der Waals surface area contributed by atoms with Crippen molar-refractivity contribution in [1.82, 2.24) is 9.78 Å². The molecule has 0 radical (unpaired) electrons. The molecule has 0 aliphatic heterocycles. The van der Waals surface area contributed by atoms with E-state index < -0.39 is 17.1 Å². The molecule has 3 N–H and O–H groups in total. The predicted molar refractivity (Wildman–Crippen MR) is 65.6 cm³/mol. The molecule has 6 nitrogen and oxygen atoms in total. The zero-order valence-electron chi connectivity index (χ0n) is 9.46. The summed E-state index contributed by atoms with van der Waals surface area (Å²) in [5.74, 6) is -1.32. The summed E-state index contributed by atoms with van der Waals surface area (Å²) in [4.78, 5) is 23.1. The van der Waals surface area contributed by atoms with Crippen molar-refractivity contribution in [2.75, 3.05) is 5.73 Å². The molecule has 0 amide bonds. The topological polar surface area (TPSA) is 98.2 Å². The van der Waals surface area contributed by atoms with Gasteiger partial charge in [-0.15, -0.1) is 0 Å². The lowest BCUT2D eigenvalue weighted by Gasteiger charge is -2.10. The summed E-state index contributed by atoms with van der Waals surface area (Å²) in [6, 6.07) is 5.24. The van der Waals surface area contributed by atoms with Crippen LogP contribution in [0.4, 0.5) is 5.69 Å². The first-order chi connectivity index (χ1) is 8.59. The van der Waals surface area contributed by atoms with Crippen molar-refractivity contribution in [3.05, 3.63) is 34.1 Å². The number of nitrogens with zero attached hydrogens (tertiary/aromatic N) is 2. The summed E-state index contributed by atoms with van der Waals surface area (Å²) in [7, 11) is 0. The van der Waals surface area contributed by atoms with Crippen LogP contribution in [0.2, 0.25) is 0 Å². The second-order valence-electron chi connectivity index (χ2n) is 4.40. The molecule has 18 heavy (non-hydrogen) atoms. The summed E-state index contributed by atoms with van der Waals surface area (Å²) in [5, 5.41) is 13.2. The van der Waals surface area contributed by atoms with Crippen LogP contribution in [0, 0.1) is 0 Å². The Hall–Kier alpha value is -2.37. The fourth-order valence-corrected chi connectivity index (χ4v) is 2.06. The molecule has 92 valence electrons. The number of benzene rings is 1. The molecule has 0 unspecified atom stereocenters. The van der Waals surface area contributed by atoms with E-state index in [9.17, 15) is 9.59 Å². The number of carboxylic acids is 1. The molecule has 1 heterocycles. The van der Waals surface area contributed by atoms with E-state index in [4.69, 9.17) is 10.8 Å². The Balaban J connectivity index is 2.47. The van der Waals surface area contributed by atoms with Crippen LogP contribution in [0.3, 0.4) is 0 Å². The van der Waals surface area contributed by atoms with Crippen molar-refractivity contribution in [3.8, 4) is 0 Å². The average molecular weight is 245 g/mol. The van der Waals surface area contributed by atoms with Crippen LogP contribution in [-0.4, -0.2) is 20.9 Å². The van der Waals surface area contributed by atoms with Gasteiger partial charge in [0.2, 0.25) is 11.1 Å². The number of carbonyl (C=O) groups is 1. The highest BCUT2D eigenvalue weighted by Crippen LogP contribution is 2.36. The molecule has 3 rings (SSSR count). The van der Waals surface area contributed by atoms with Crippen LogP contribution in [-0.2, 0) is 0 Å². The molecular weight excluding hydrogens is 234 g/mol. The lowest BCUT2D eigenvalue weighted by molar-refractivity contribution is 0.0686. The number of nitrogen functional groups attached to an aromatic ring is 1. The van der Waals surface area contributed by atoms with E-state index >= 15 is 0 Å². The lowest BCUT2D eigenvalue weighted by Crippen LogP contribution is -2.23. The van der Waals surface area contributed by atoms with Crippen molar-refractivity contribution in [3.63, 3.8) is 0 Å². The number of carboxylic acid groups (broad SMARTS) is 1. The molecule has 0 atom stereocenters. The van der Waals surface area contributed by atoms with Crippen LogP contribution >= 0.6 is 0 Å². The van der Waals surface area contributed by atoms with Gasteiger partial charge in [-0.25, -0.2) is 4.79 Å². The van der Waals surface area contributed by atoms with E-state index in [1.807, 2.05) is 0 Å². The Kier molecular flexibility index (Phi) is 2.13. The number of anilines is 1. The fourth-order valence-electron chi connectivity index (χ4n) is 2.06. The van der Waals surface area contributed by atoms with Gasteiger partial charge in [0.05, 0.1) is 16.9 Å². The standard InChI is InChI=1S/C12H11N3O3/c13-7-2-1-3-8-9(7)11(16)10(12(17)18)14-15(8)6-4-5-6/h1-3,6H,4-5,13H2,(H,17,18). The molecule has 2 aromatic rings. The monoisotopic (exact) mass is 245 g/mol. The third-order valence-corrected chi connectivity index (χ3v) is 3.07. The third kappa shape index (κ3) is 1.46. The van der Waals surface area contributed by atoms with Crippen molar-refractivity contribution in [2.24, 2.45) is 0 Å². The van der Waals surface area contributed by atoms with Gasteiger partial charge >= 0.3 is 5.97 Å². The first-order valence-electron chi connectivity index (χ1n) is 5.64. The zero-order chi connectivity index (χ0) is 12.9. The van der Waals surface area contributed by atoms with Crippen LogP contribution in [0.15, 0.2) is 23.0 Å². The number of nitrogens with two attached hydrogens (primary N) is 1. The highest BCUT2D eigenvalue weighted by molar-refractivity contribution is 5.95. The number of aromatic carboxylic acids is 1. The van der Waals surface area contributed by atoms with Gasteiger partial charge in [0.1, 0.15) is 0 Å². The van der Waals surface area contributed by atoms with Crippen molar-refractivity contribution >= 4 is 22.6 Å². The Labute approximate surface area is 102 Å². The minimum Gasteiger partial charge on any atom is -0.476 e. The van der Waals surface area contributed by atoms with E-state index in [1.165, 1.54) is 0 Å². The molecule has 0 spiro atoms. The van der Waals surface area contributed by atoms with Crippen LogP contribution in [0.25, 0.3) is 10.9 Å². The van der Waals surface area contributed by atoms with Crippen LogP contribution in [0.5, 0.6) is 0 Å². The van der Waals surface area contributed by atoms with Crippen molar-refractivity contribution in [1.29, 1.82) is 0 Å². The maximum Gasteiger partial charge on any atom is 0.360 e. The van der Waals surface area contributed by atoms with Crippen LogP contribution in [0.1, 0.15) is 29.4 Å². The average Bonchev–Trinajstić information content (AvgIpc) is 3.13. The highest BCUT2D eigenvalue weighted by Gasteiger charge is 2.28. The molecule has 1 aliphatic rings. The Morgan fingerprint density at radius 1 is 1.44 bits per heavy atom. The molecule has 0 bridgehead atoms. The quantitative estimate of drug-likeness (QED) is 0.769. The van der Waals surface area contributed by atoms with Gasteiger partial charge in [-0.3, -0.25) is 9.48 Å². The molecule has 6 heteroatoms.